The fourth-order valence-corrected chi connectivity index (χ4v) is 2.66. The van der Waals surface area contributed by atoms with Crippen LogP contribution in [0, 0.1) is 5.41 Å². The summed E-state index contributed by atoms with van der Waals surface area (Å²) in [5.41, 5.74) is 0.811. The van der Waals surface area contributed by atoms with E-state index >= 15 is 0 Å². The van der Waals surface area contributed by atoms with Crippen molar-refractivity contribution >= 4 is 0 Å². The summed E-state index contributed by atoms with van der Waals surface area (Å²) >= 11 is 0. The molecule has 1 nitrogen and oxygen atoms in total. The first-order valence-electron chi connectivity index (χ1n) is 5.08. The van der Waals surface area contributed by atoms with Crippen LogP contribution in [-0.4, -0.2) is 12.6 Å². The highest BCUT2D eigenvalue weighted by atomic mass is 14.9. The molecule has 0 aromatic heterocycles. The molecule has 0 aromatic carbocycles. The normalized spacial score (nSPS) is 35.2. The Morgan fingerprint density at radius 3 is 2.73 bits per heavy atom. The van der Waals surface area contributed by atoms with E-state index in [1.165, 1.54) is 45.1 Å². The molecule has 1 unspecified atom stereocenters. The van der Waals surface area contributed by atoms with Crippen molar-refractivity contribution in [2.24, 2.45) is 5.41 Å². The van der Waals surface area contributed by atoms with Crippen molar-refractivity contribution in [3.63, 3.8) is 0 Å². The van der Waals surface area contributed by atoms with Gasteiger partial charge in [-0.25, -0.2) is 0 Å². The first-order valence-corrected chi connectivity index (χ1v) is 5.08. The summed E-state index contributed by atoms with van der Waals surface area (Å²) in [6.45, 7) is 3.58. The zero-order chi connectivity index (χ0) is 7.73. The van der Waals surface area contributed by atoms with Gasteiger partial charge in [0.2, 0.25) is 0 Å². The van der Waals surface area contributed by atoms with Gasteiger partial charge in [-0.2, -0.15) is 0 Å². The van der Waals surface area contributed by atoms with Crippen molar-refractivity contribution in [3.8, 4) is 0 Å². The van der Waals surface area contributed by atoms with E-state index in [0.29, 0.717) is 0 Å². The Morgan fingerprint density at radius 2 is 2.18 bits per heavy atom. The van der Waals surface area contributed by atoms with Crippen molar-refractivity contribution < 1.29 is 0 Å². The van der Waals surface area contributed by atoms with Crippen LogP contribution in [0.15, 0.2) is 0 Å². The van der Waals surface area contributed by atoms with Gasteiger partial charge < -0.3 is 5.32 Å². The van der Waals surface area contributed by atoms with Crippen LogP contribution in [0.25, 0.3) is 0 Å². The first kappa shape index (κ1) is 7.60. The second kappa shape index (κ2) is 2.78. The summed E-state index contributed by atoms with van der Waals surface area (Å²) in [4.78, 5) is 0. The number of piperidine rings is 1. The molecule has 1 heterocycles. The summed E-state index contributed by atoms with van der Waals surface area (Å²) < 4.78 is 0. The Hall–Kier alpha value is -0.0400. The number of nitrogens with one attached hydrogen (secondary N) is 1. The van der Waals surface area contributed by atoms with Crippen LogP contribution in [0.5, 0.6) is 0 Å². The summed E-state index contributed by atoms with van der Waals surface area (Å²) in [6, 6.07) is 0.837. The molecule has 0 radical (unpaired) electrons. The Labute approximate surface area is 69.6 Å². The maximum absolute atomic E-state index is 3.59. The summed E-state index contributed by atoms with van der Waals surface area (Å²) in [5, 5.41) is 3.59. The van der Waals surface area contributed by atoms with Gasteiger partial charge in [-0.05, 0) is 44.1 Å². The second-order valence-corrected chi connectivity index (χ2v) is 4.37. The third-order valence-corrected chi connectivity index (χ3v) is 3.67. The smallest absolute Gasteiger partial charge is 0.00697 e. The fourth-order valence-electron chi connectivity index (χ4n) is 2.66. The Kier molecular flexibility index (Phi) is 1.92. The predicted octanol–water partition coefficient (Wildman–Crippen LogP) is 2.32. The maximum atomic E-state index is 3.59. The van der Waals surface area contributed by atoms with Crippen molar-refractivity contribution in [3.05, 3.63) is 0 Å². The van der Waals surface area contributed by atoms with Gasteiger partial charge in [-0.3, -0.25) is 0 Å². The Balaban J connectivity index is 1.92. The van der Waals surface area contributed by atoms with Crippen LogP contribution >= 0.6 is 0 Å². The van der Waals surface area contributed by atoms with Crippen LogP contribution < -0.4 is 5.32 Å². The zero-order valence-electron chi connectivity index (χ0n) is 7.53. The van der Waals surface area contributed by atoms with E-state index < -0.39 is 0 Å². The summed E-state index contributed by atoms with van der Waals surface area (Å²) in [6.07, 6.45) is 8.77. The van der Waals surface area contributed by atoms with Crippen molar-refractivity contribution in [1.29, 1.82) is 0 Å². The van der Waals surface area contributed by atoms with Crippen LogP contribution in [0.4, 0.5) is 0 Å². The lowest BCUT2D eigenvalue weighted by Gasteiger charge is -2.48. The van der Waals surface area contributed by atoms with Gasteiger partial charge in [-0.15, -0.1) is 0 Å². The topological polar surface area (TPSA) is 12.0 Å². The van der Waals surface area contributed by atoms with Crippen molar-refractivity contribution in [2.75, 3.05) is 6.54 Å². The van der Waals surface area contributed by atoms with E-state index in [0.717, 1.165) is 11.5 Å². The van der Waals surface area contributed by atoms with Gasteiger partial charge >= 0.3 is 0 Å². The fraction of sp³-hybridized carbons (Fsp3) is 1.00. The highest BCUT2D eigenvalue weighted by Crippen LogP contribution is 2.49. The molecule has 0 amide bonds. The highest BCUT2D eigenvalue weighted by Gasteiger charge is 2.40. The highest BCUT2D eigenvalue weighted by molar-refractivity contribution is 4.94. The Morgan fingerprint density at radius 1 is 1.36 bits per heavy atom. The molecule has 1 aliphatic heterocycles. The third kappa shape index (κ3) is 1.31. The number of rotatable bonds is 1. The van der Waals surface area contributed by atoms with Gasteiger partial charge in [-0.1, -0.05) is 13.3 Å². The van der Waals surface area contributed by atoms with Crippen molar-refractivity contribution in [2.45, 2.75) is 51.5 Å². The Bertz CT molecular complexity index is 138. The molecule has 2 fully saturated rings. The SMILES string of the molecule is CCC1CC2(CCC2)CCN1. The van der Waals surface area contributed by atoms with E-state index in [2.05, 4.69) is 12.2 Å². The van der Waals surface area contributed by atoms with Gasteiger partial charge in [0.15, 0.2) is 0 Å². The van der Waals surface area contributed by atoms with Crippen LogP contribution in [0.2, 0.25) is 0 Å². The van der Waals surface area contributed by atoms with Gasteiger partial charge in [0, 0.05) is 6.04 Å². The minimum atomic E-state index is 0.811. The van der Waals surface area contributed by atoms with Crippen molar-refractivity contribution in [1.82, 2.24) is 5.32 Å². The molecule has 1 atom stereocenters. The van der Waals surface area contributed by atoms with Gasteiger partial charge in [0.1, 0.15) is 0 Å². The number of hydrogen-bond acceptors (Lipinski definition) is 1. The van der Waals surface area contributed by atoms with Crippen LogP contribution in [0.1, 0.15) is 45.4 Å². The largest absolute Gasteiger partial charge is 0.314 e. The molecule has 1 saturated carbocycles. The summed E-state index contributed by atoms with van der Waals surface area (Å²) in [7, 11) is 0. The lowest BCUT2D eigenvalue weighted by atomic mass is 9.62. The molecule has 0 bridgehead atoms. The van der Waals surface area contributed by atoms with E-state index in [1.807, 2.05) is 0 Å². The third-order valence-electron chi connectivity index (χ3n) is 3.67. The van der Waals surface area contributed by atoms with E-state index in [1.54, 1.807) is 0 Å². The molecule has 1 spiro atoms. The second-order valence-electron chi connectivity index (χ2n) is 4.37. The molecule has 1 aliphatic carbocycles. The molecule has 2 aliphatic rings. The van der Waals surface area contributed by atoms with Crippen LogP contribution in [-0.2, 0) is 0 Å². The minimum absolute atomic E-state index is 0.811. The average Bonchev–Trinajstić information content (AvgIpc) is 2.02. The molecule has 1 heteroatoms. The van der Waals surface area contributed by atoms with E-state index in [-0.39, 0.29) is 0 Å². The predicted molar refractivity (Wildman–Crippen MR) is 47.6 cm³/mol. The lowest BCUT2D eigenvalue weighted by Crippen LogP contribution is -2.46. The number of hydrogen-bond donors (Lipinski definition) is 1. The quantitative estimate of drug-likeness (QED) is 0.609. The standard InChI is InChI=1S/C10H19N/c1-2-9-8-10(4-3-5-10)6-7-11-9/h9,11H,2-8H2,1H3. The maximum Gasteiger partial charge on any atom is 0.00697 e. The molecule has 11 heavy (non-hydrogen) atoms. The van der Waals surface area contributed by atoms with Gasteiger partial charge in [0.25, 0.3) is 0 Å². The van der Waals surface area contributed by atoms with E-state index in [9.17, 15) is 0 Å². The zero-order valence-corrected chi connectivity index (χ0v) is 7.53. The van der Waals surface area contributed by atoms with Gasteiger partial charge in [0.05, 0.1) is 0 Å². The summed E-state index contributed by atoms with van der Waals surface area (Å²) in [5.74, 6) is 0. The van der Waals surface area contributed by atoms with Crippen LogP contribution in [0.3, 0.4) is 0 Å². The molecule has 64 valence electrons. The average molecular weight is 153 g/mol. The lowest BCUT2D eigenvalue weighted by molar-refractivity contribution is 0.0626. The molecule has 1 saturated heterocycles. The first-order chi connectivity index (χ1) is 5.35. The monoisotopic (exact) mass is 153 g/mol. The molecular formula is C10H19N. The molecule has 1 N–H and O–H groups in total. The molecule has 2 rings (SSSR count). The molecule has 0 aromatic rings. The molecular weight excluding hydrogens is 134 g/mol. The van der Waals surface area contributed by atoms with E-state index in [4.69, 9.17) is 0 Å². The minimum Gasteiger partial charge on any atom is -0.314 e.